The number of hydrogen-bond donors (Lipinski definition) is 2. The zero-order valence-electron chi connectivity index (χ0n) is 12.7. The second kappa shape index (κ2) is 5.75. The lowest BCUT2D eigenvalue weighted by Crippen LogP contribution is -2.41. The van der Waals surface area contributed by atoms with Crippen molar-refractivity contribution >= 4 is 12.0 Å². The minimum Gasteiger partial charge on any atom is -0.481 e. The molecule has 0 spiro atoms. The van der Waals surface area contributed by atoms with E-state index in [0.717, 1.165) is 12.1 Å². The Bertz CT molecular complexity index is 542. The molecule has 0 aliphatic carbocycles. The van der Waals surface area contributed by atoms with Gasteiger partial charge in [0.1, 0.15) is 0 Å². The molecule has 116 valence electrons. The van der Waals surface area contributed by atoms with Gasteiger partial charge in [0.2, 0.25) is 0 Å². The zero-order chi connectivity index (χ0) is 15.6. The molecule has 1 aliphatic heterocycles. The molecule has 1 aromatic heterocycles. The molecule has 0 saturated carbocycles. The molecule has 1 saturated heterocycles. The van der Waals surface area contributed by atoms with Gasteiger partial charge in [-0.25, -0.2) is 4.79 Å². The van der Waals surface area contributed by atoms with E-state index in [9.17, 15) is 14.7 Å². The van der Waals surface area contributed by atoms with Crippen LogP contribution in [0.1, 0.15) is 38.8 Å². The van der Waals surface area contributed by atoms with E-state index in [-0.39, 0.29) is 18.6 Å². The standard InChI is InChI=1S/C14H22N4O3/c1-4-18-8-11(7-15-18)10(2)16-13(21)17-6-5-14(3,9-17)12(19)20/h7-8,10H,4-6,9H2,1-3H3,(H,16,21)(H,19,20). The Balaban J connectivity index is 1.94. The number of aromatic nitrogens is 2. The summed E-state index contributed by atoms with van der Waals surface area (Å²) in [5.41, 5.74) is 0.0959. The van der Waals surface area contributed by atoms with Crippen LogP contribution in [0.3, 0.4) is 0 Å². The van der Waals surface area contributed by atoms with Crippen molar-refractivity contribution in [1.82, 2.24) is 20.0 Å². The van der Waals surface area contributed by atoms with E-state index in [1.54, 1.807) is 22.7 Å². The monoisotopic (exact) mass is 294 g/mol. The molecule has 2 unspecified atom stereocenters. The third-order valence-corrected chi connectivity index (χ3v) is 4.09. The largest absolute Gasteiger partial charge is 0.481 e. The average molecular weight is 294 g/mol. The fourth-order valence-corrected chi connectivity index (χ4v) is 2.44. The van der Waals surface area contributed by atoms with Gasteiger partial charge in [-0.1, -0.05) is 0 Å². The Kier molecular flexibility index (Phi) is 4.20. The first-order chi connectivity index (χ1) is 9.85. The van der Waals surface area contributed by atoms with Crippen LogP contribution >= 0.6 is 0 Å². The molecule has 2 amide bonds. The number of carbonyl (C=O) groups excluding carboxylic acids is 1. The summed E-state index contributed by atoms with van der Waals surface area (Å²) < 4.78 is 1.80. The van der Waals surface area contributed by atoms with Crippen LogP contribution in [0, 0.1) is 5.41 Å². The van der Waals surface area contributed by atoms with Gasteiger partial charge in [-0.3, -0.25) is 9.48 Å². The molecule has 7 heteroatoms. The molecule has 1 aromatic rings. The fraction of sp³-hybridized carbons (Fsp3) is 0.643. The summed E-state index contributed by atoms with van der Waals surface area (Å²) in [4.78, 5) is 25.0. The molecule has 0 radical (unpaired) electrons. The lowest BCUT2D eigenvalue weighted by atomic mass is 9.90. The van der Waals surface area contributed by atoms with Crippen molar-refractivity contribution in [2.75, 3.05) is 13.1 Å². The maximum atomic E-state index is 12.2. The number of hydrogen-bond acceptors (Lipinski definition) is 3. The van der Waals surface area contributed by atoms with E-state index in [0.29, 0.717) is 13.0 Å². The second-order valence-corrected chi connectivity index (χ2v) is 5.84. The fourth-order valence-electron chi connectivity index (χ4n) is 2.44. The Morgan fingerprint density at radius 2 is 2.29 bits per heavy atom. The van der Waals surface area contributed by atoms with Crippen LogP contribution in [0.4, 0.5) is 4.79 Å². The smallest absolute Gasteiger partial charge is 0.317 e. The first-order valence-corrected chi connectivity index (χ1v) is 7.17. The van der Waals surface area contributed by atoms with Crippen molar-refractivity contribution in [3.8, 4) is 0 Å². The number of urea groups is 1. The number of carboxylic acids is 1. The van der Waals surface area contributed by atoms with Gasteiger partial charge < -0.3 is 15.3 Å². The topological polar surface area (TPSA) is 87.5 Å². The summed E-state index contributed by atoms with van der Waals surface area (Å²) >= 11 is 0. The SMILES string of the molecule is CCn1cc(C(C)NC(=O)N2CCC(C)(C(=O)O)C2)cn1. The average Bonchev–Trinajstić information content (AvgIpc) is 3.05. The second-order valence-electron chi connectivity index (χ2n) is 5.84. The molecular formula is C14H22N4O3. The predicted octanol–water partition coefficient (Wildman–Crippen LogP) is 1.47. The van der Waals surface area contributed by atoms with Gasteiger partial charge in [0.05, 0.1) is 17.7 Å². The number of aliphatic carboxylic acids is 1. The number of carbonyl (C=O) groups is 2. The van der Waals surface area contributed by atoms with Gasteiger partial charge in [0.15, 0.2) is 0 Å². The van der Waals surface area contributed by atoms with Crippen LogP contribution in [0.15, 0.2) is 12.4 Å². The maximum absolute atomic E-state index is 12.2. The summed E-state index contributed by atoms with van der Waals surface area (Å²) in [5, 5.41) is 16.3. The normalized spacial score (nSPS) is 23.1. The number of likely N-dealkylation sites (tertiary alicyclic amines) is 1. The van der Waals surface area contributed by atoms with E-state index in [1.807, 2.05) is 20.0 Å². The summed E-state index contributed by atoms with van der Waals surface area (Å²) in [6.07, 6.45) is 4.12. The molecule has 1 aliphatic rings. The van der Waals surface area contributed by atoms with Gasteiger partial charge in [-0.15, -0.1) is 0 Å². The van der Waals surface area contributed by atoms with Crippen LogP contribution in [-0.2, 0) is 11.3 Å². The first kappa shape index (κ1) is 15.3. The Hall–Kier alpha value is -2.05. The predicted molar refractivity (Wildman–Crippen MR) is 76.8 cm³/mol. The van der Waals surface area contributed by atoms with E-state index >= 15 is 0 Å². The van der Waals surface area contributed by atoms with Crippen molar-refractivity contribution in [3.63, 3.8) is 0 Å². The highest BCUT2D eigenvalue weighted by Crippen LogP contribution is 2.30. The van der Waals surface area contributed by atoms with Crippen molar-refractivity contribution < 1.29 is 14.7 Å². The summed E-state index contributed by atoms with van der Waals surface area (Å²) in [5.74, 6) is -0.852. The van der Waals surface area contributed by atoms with Gasteiger partial charge in [-0.05, 0) is 27.2 Å². The lowest BCUT2D eigenvalue weighted by Gasteiger charge is -2.22. The minimum absolute atomic E-state index is 0.158. The van der Waals surface area contributed by atoms with Crippen LogP contribution in [-0.4, -0.2) is 44.9 Å². The summed E-state index contributed by atoms with van der Waals surface area (Å²) in [7, 11) is 0. The Labute approximate surface area is 123 Å². The molecule has 1 fully saturated rings. The summed E-state index contributed by atoms with van der Waals surface area (Å²) in [6.45, 7) is 7.06. The minimum atomic E-state index is -0.852. The third-order valence-electron chi connectivity index (χ3n) is 4.09. The molecule has 0 bridgehead atoms. The number of nitrogens with zero attached hydrogens (tertiary/aromatic N) is 3. The third kappa shape index (κ3) is 3.17. The van der Waals surface area contributed by atoms with E-state index in [1.165, 1.54) is 0 Å². The van der Waals surface area contributed by atoms with Gasteiger partial charge in [0.25, 0.3) is 0 Å². The van der Waals surface area contributed by atoms with Crippen LogP contribution in [0.2, 0.25) is 0 Å². The molecule has 7 nitrogen and oxygen atoms in total. The number of rotatable bonds is 4. The molecule has 2 N–H and O–H groups in total. The van der Waals surface area contributed by atoms with Gasteiger partial charge in [-0.2, -0.15) is 5.10 Å². The maximum Gasteiger partial charge on any atom is 0.317 e. The lowest BCUT2D eigenvalue weighted by molar-refractivity contribution is -0.146. The highest BCUT2D eigenvalue weighted by molar-refractivity contribution is 5.79. The molecule has 0 aromatic carbocycles. The molecule has 21 heavy (non-hydrogen) atoms. The molecule has 2 rings (SSSR count). The van der Waals surface area contributed by atoms with Crippen molar-refractivity contribution in [2.24, 2.45) is 5.41 Å². The number of amides is 2. The molecule has 2 heterocycles. The zero-order valence-corrected chi connectivity index (χ0v) is 12.7. The molecular weight excluding hydrogens is 272 g/mol. The number of aryl methyl sites for hydroxylation is 1. The van der Waals surface area contributed by atoms with E-state index in [4.69, 9.17) is 0 Å². The van der Waals surface area contributed by atoms with Crippen molar-refractivity contribution in [1.29, 1.82) is 0 Å². The van der Waals surface area contributed by atoms with Gasteiger partial charge in [0, 0.05) is 31.4 Å². The summed E-state index contributed by atoms with van der Waals surface area (Å²) in [6, 6.07) is -0.383. The highest BCUT2D eigenvalue weighted by atomic mass is 16.4. The van der Waals surface area contributed by atoms with Crippen LogP contribution in [0.5, 0.6) is 0 Å². The van der Waals surface area contributed by atoms with Gasteiger partial charge >= 0.3 is 12.0 Å². The van der Waals surface area contributed by atoms with E-state index in [2.05, 4.69) is 10.4 Å². The van der Waals surface area contributed by atoms with E-state index < -0.39 is 11.4 Å². The Morgan fingerprint density at radius 3 is 2.81 bits per heavy atom. The first-order valence-electron chi connectivity index (χ1n) is 7.17. The van der Waals surface area contributed by atoms with Crippen LogP contribution < -0.4 is 5.32 Å². The van der Waals surface area contributed by atoms with Crippen LogP contribution in [0.25, 0.3) is 0 Å². The van der Waals surface area contributed by atoms with Crippen molar-refractivity contribution in [3.05, 3.63) is 18.0 Å². The number of carboxylic acid groups (broad SMARTS) is 1. The molecule has 2 atom stereocenters. The van der Waals surface area contributed by atoms with Crippen molar-refractivity contribution in [2.45, 2.75) is 39.8 Å². The quantitative estimate of drug-likeness (QED) is 0.880. The Morgan fingerprint density at radius 1 is 1.57 bits per heavy atom. The number of nitrogens with one attached hydrogen (secondary N) is 1. The highest BCUT2D eigenvalue weighted by Gasteiger charge is 2.42.